The Morgan fingerprint density at radius 1 is 1.19 bits per heavy atom. The number of aliphatic hydroxyl groups is 1. The largest absolute Gasteiger partial charge is 0.573 e. The lowest BCUT2D eigenvalue weighted by Gasteiger charge is -2.14. The van der Waals surface area contributed by atoms with E-state index in [1.165, 1.54) is 25.4 Å². The summed E-state index contributed by atoms with van der Waals surface area (Å²) < 4.78 is 45.9. The lowest BCUT2D eigenvalue weighted by Crippen LogP contribution is -2.17. The smallest absolute Gasteiger partial charge is 0.481 e. The molecule has 0 saturated carbocycles. The maximum Gasteiger partial charge on any atom is 0.573 e. The number of hydrogen-bond acceptors (Lipinski definition) is 4. The average Bonchev–Trinajstić information content (AvgIpc) is 2.45. The third-order valence-electron chi connectivity index (χ3n) is 2.74. The van der Waals surface area contributed by atoms with Crippen molar-refractivity contribution >= 4 is 0 Å². The van der Waals surface area contributed by atoms with E-state index in [9.17, 15) is 18.3 Å². The highest BCUT2D eigenvalue weighted by Gasteiger charge is 2.31. The van der Waals surface area contributed by atoms with Crippen molar-refractivity contribution in [2.75, 3.05) is 7.11 Å². The standard InChI is InChI=1S/C14H12F3NO3/c1-20-13-11(3-2-6-18-13)12-7-10(21-14(15,16)17)5-4-9(12)8-19/h2-7,19H,8H2,1H3. The highest BCUT2D eigenvalue weighted by molar-refractivity contribution is 5.73. The second-order valence-corrected chi connectivity index (χ2v) is 4.09. The summed E-state index contributed by atoms with van der Waals surface area (Å²) in [5.74, 6) is -0.128. The molecule has 0 aliphatic carbocycles. The van der Waals surface area contributed by atoms with Crippen LogP contribution in [0, 0.1) is 0 Å². The van der Waals surface area contributed by atoms with Gasteiger partial charge in [-0.25, -0.2) is 4.98 Å². The summed E-state index contributed by atoms with van der Waals surface area (Å²) in [6, 6.07) is 6.96. The van der Waals surface area contributed by atoms with Crippen LogP contribution in [-0.2, 0) is 6.61 Å². The van der Waals surface area contributed by atoms with Gasteiger partial charge in [0.25, 0.3) is 0 Å². The van der Waals surface area contributed by atoms with Crippen molar-refractivity contribution < 1.29 is 27.8 Å². The van der Waals surface area contributed by atoms with Crippen LogP contribution in [0.15, 0.2) is 36.5 Å². The first-order chi connectivity index (χ1) is 9.94. The van der Waals surface area contributed by atoms with Gasteiger partial charge >= 0.3 is 6.36 Å². The van der Waals surface area contributed by atoms with E-state index in [0.29, 0.717) is 16.7 Å². The Labute approximate surface area is 118 Å². The molecule has 0 amide bonds. The van der Waals surface area contributed by atoms with Crippen molar-refractivity contribution in [3.8, 4) is 22.8 Å². The van der Waals surface area contributed by atoms with Crippen LogP contribution in [0.5, 0.6) is 11.6 Å². The predicted octanol–water partition coefficient (Wildman–Crippen LogP) is 3.15. The average molecular weight is 299 g/mol. The third-order valence-corrected chi connectivity index (χ3v) is 2.74. The van der Waals surface area contributed by atoms with Gasteiger partial charge in [-0.05, 0) is 35.4 Å². The van der Waals surface area contributed by atoms with Crippen LogP contribution >= 0.6 is 0 Å². The van der Waals surface area contributed by atoms with Crippen molar-refractivity contribution in [3.05, 3.63) is 42.1 Å². The zero-order valence-electron chi connectivity index (χ0n) is 11.0. The molecule has 0 bridgehead atoms. The lowest BCUT2D eigenvalue weighted by molar-refractivity contribution is -0.274. The first kappa shape index (κ1) is 15.1. The zero-order chi connectivity index (χ0) is 15.5. The molecule has 7 heteroatoms. The molecule has 1 aromatic carbocycles. The SMILES string of the molecule is COc1ncccc1-c1cc(OC(F)(F)F)ccc1CO. The number of aliphatic hydroxyl groups excluding tert-OH is 1. The molecule has 4 nitrogen and oxygen atoms in total. The lowest BCUT2D eigenvalue weighted by atomic mass is 10.0. The van der Waals surface area contributed by atoms with Gasteiger partial charge in [0.15, 0.2) is 0 Å². The summed E-state index contributed by atoms with van der Waals surface area (Å²) in [6.07, 6.45) is -3.28. The molecule has 2 rings (SSSR count). The molecule has 0 spiro atoms. The maximum atomic E-state index is 12.3. The van der Waals surface area contributed by atoms with Crippen molar-refractivity contribution in [1.82, 2.24) is 4.98 Å². The fraction of sp³-hybridized carbons (Fsp3) is 0.214. The molecular formula is C14H12F3NO3. The van der Waals surface area contributed by atoms with E-state index in [1.54, 1.807) is 12.1 Å². The molecule has 0 radical (unpaired) electrons. The van der Waals surface area contributed by atoms with E-state index >= 15 is 0 Å². The van der Waals surface area contributed by atoms with Gasteiger partial charge < -0.3 is 14.6 Å². The maximum absolute atomic E-state index is 12.3. The molecule has 0 unspecified atom stereocenters. The van der Waals surface area contributed by atoms with Crippen molar-refractivity contribution in [3.63, 3.8) is 0 Å². The monoisotopic (exact) mass is 299 g/mol. The summed E-state index contributed by atoms with van der Waals surface area (Å²) in [5, 5.41) is 9.34. The van der Waals surface area contributed by atoms with Gasteiger partial charge in [-0.1, -0.05) is 6.07 Å². The minimum atomic E-state index is -4.78. The summed E-state index contributed by atoms with van der Waals surface area (Å²) >= 11 is 0. The second kappa shape index (κ2) is 6.01. The molecule has 0 atom stereocenters. The highest BCUT2D eigenvalue weighted by Crippen LogP contribution is 2.34. The number of methoxy groups -OCH3 is 1. The molecule has 0 aliphatic heterocycles. The van der Waals surface area contributed by atoms with Crippen molar-refractivity contribution in [2.24, 2.45) is 0 Å². The molecule has 0 saturated heterocycles. The van der Waals surface area contributed by atoms with Gasteiger partial charge in [-0.2, -0.15) is 0 Å². The Morgan fingerprint density at radius 2 is 1.95 bits per heavy atom. The normalized spacial score (nSPS) is 11.3. The number of benzene rings is 1. The van der Waals surface area contributed by atoms with Gasteiger partial charge in [0.2, 0.25) is 5.88 Å². The summed E-state index contributed by atoms with van der Waals surface area (Å²) in [4.78, 5) is 3.99. The number of pyridine rings is 1. The van der Waals surface area contributed by atoms with Gasteiger partial charge in [-0.15, -0.1) is 13.2 Å². The van der Waals surface area contributed by atoms with E-state index < -0.39 is 6.36 Å². The quantitative estimate of drug-likeness (QED) is 0.942. The Hall–Kier alpha value is -2.28. The number of hydrogen-bond donors (Lipinski definition) is 1. The fourth-order valence-corrected chi connectivity index (χ4v) is 1.90. The molecule has 0 aliphatic rings. The van der Waals surface area contributed by atoms with Crippen LogP contribution in [0.3, 0.4) is 0 Å². The first-order valence-electron chi connectivity index (χ1n) is 5.93. The topological polar surface area (TPSA) is 51.6 Å². The van der Waals surface area contributed by atoms with Crippen molar-refractivity contribution in [1.29, 1.82) is 0 Å². The predicted molar refractivity (Wildman–Crippen MR) is 68.8 cm³/mol. The van der Waals surface area contributed by atoms with Crippen LogP contribution in [0.1, 0.15) is 5.56 Å². The van der Waals surface area contributed by atoms with Crippen LogP contribution in [0.2, 0.25) is 0 Å². The molecule has 1 heterocycles. The zero-order valence-corrected chi connectivity index (χ0v) is 11.0. The fourth-order valence-electron chi connectivity index (χ4n) is 1.90. The number of rotatable bonds is 4. The molecule has 1 N–H and O–H groups in total. The van der Waals surface area contributed by atoms with Gasteiger partial charge in [0, 0.05) is 11.8 Å². The second-order valence-electron chi connectivity index (χ2n) is 4.09. The third kappa shape index (κ3) is 3.63. The van der Waals surface area contributed by atoms with Crippen molar-refractivity contribution in [2.45, 2.75) is 13.0 Å². The van der Waals surface area contributed by atoms with E-state index in [2.05, 4.69) is 9.72 Å². The van der Waals surface area contributed by atoms with Gasteiger partial charge in [0.1, 0.15) is 5.75 Å². The van der Waals surface area contributed by atoms with E-state index in [0.717, 1.165) is 6.07 Å². The minimum absolute atomic E-state index is 0.247. The van der Waals surface area contributed by atoms with E-state index in [-0.39, 0.29) is 18.2 Å². The molecule has 112 valence electrons. The molecule has 0 fully saturated rings. The number of alkyl halides is 3. The Morgan fingerprint density at radius 3 is 2.57 bits per heavy atom. The Bertz CT molecular complexity index is 629. The summed E-state index contributed by atoms with van der Waals surface area (Å²) in [7, 11) is 1.40. The first-order valence-corrected chi connectivity index (χ1v) is 5.93. The van der Waals surface area contributed by atoms with Crippen LogP contribution in [0.4, 0.5) is 13.2 Å². The summed E-state index contributed by atoms with van der Waals surface area (Å²) in [6.45, 7) is -0.334. The number of ether oxygens (including phenoxy) is 2. The number of nitrogens with zero attached hydrogens (tertiary/aromatic N) is 1. The highest BCUT2D eigenvalue weighted by atomic mass is 19.4. The van der Waals surface area contributed by atoms with Gasteiger partial charge in [-0.3, -0.25) is 0 Å². The van der Waals surface area contributed by atoms with E-state index in [4.69, 9.17) is 4.74 Å². The minimum Gasteiger partial charge on any atom is -0.481 e. The van der Waals surface area contributed by atoms with E-state index in [1.807, 2.05) is 0 Å². The molecule has 21 heavy (non-hydrogen) atoms. The summed E-state index contributed by atoms with van der Waals surface area (Å²) in [5.41, 5.74) is 1.27. The van der Waals surface area contributed by atoms with Crippen LogP contribution in [-0.4, -0.2) is 23.6 Å². The number of halogens is 3. The van der Waals surface area contributed by atoms with Crippen LogP contribution < -0.4 is 9.47 Å². The van der Waals surface area contributed by atoms with Gasteiger partial charge in [0.05, 0.1) is 13.7 Å². The Kier molecular flexibility index (Phi) is 4.32. The Balaban J connectivity index is 2.52. The van der Waals surface area contributed by atoms with Crippen LogP contribution in [0.25, 0.3) is 11.1 Å². The molecular weight excluding hydrogens is 287 g/mol. The number of aromatic nitrogens is 1. The molecule has 2 aromatic rings. The molecule has 1 aromatic heterocycles.